The highest BCUT2D eigenvalue weighted by Gasteiger charge is 2.46. The third-order valence-corrected chi connectivity index (χ3v) is 13.8. The van der Waals surface area contributed by atoms with Crippen molar-refractivity contribution in [3.8, 4) is 27.9 Å². The Morgan fingerprint density at radius 3 is 1.40 bits per heavy atom. The minimum atomic E-state index is -0.451. The molecular weight excluding hydrogens is 785 g/mol. The van der Waals surface area contributed by atoms with Crippen molar-refractivity contribution in [2.75, 3.05) is 4.90 Å². The molecule has 304 valence electrons. The van der Waals surface area contributed by atoms with Gasteiger partial charge in [0.05, 0.1) is 22.1 Å². The molecule has 0 unspecified atom stereocenters. The molecule has 0 spiro atoms. The number of aromatic nitrogens is 1. The predicted molar refractivity (Wildman–Crippen MR) is 273 cm³/mol. The molecule has 12 aromatic rings. The first kappa shape index (κ1) is 37.1. The first-order valence-corrected chi connectivity index (χ1v) is 22.5. The van der Waals surface area contributed by atoms with Crippen LogP contribution in [0.5, 0.6) is 0 Å². The molecule has 0 aliphatic heterocycles. The number of nitrogens with zero attached hydrogens (tertiary/aromatic N) is 2. The van der Waals surface area contributed by atoms with E-state index in [1.807, 2.05) is 0 Å². The number of rotatable bonds is 7. The van der Waals surface area contributed by atoms with Gasteiger partial charge < -0.3 is 9.47 Å². The Bertz CT molecular complexity index is 3620. The normalized spacial score (nSPS) is 12.7. The van der Waals surface area contributed by atoms with Gasteiger partial charge >= 0.3 is 0 Å². The molecule has 1 aromatic heterocycles. The molecule has 0 bridgehead atoms. The van der Waals surface area contributed by atoms with Crippen LogP contribution in [0.2, 0.25) is 0 Å². The minimum Gasteiger partial charge on any atom is -0.310 e. The van der Waals surface area contributed by atoms with E-state index in [-0.39, 0.29) is 0 Å². The van der Waals surface area contributed by atoms with Crippen LogP contribution in [0.3, 0.4) is 0 Å². The average molecular weight is 827 g/mol. The number of benzene rings is 11. The molecule has 13 rings (SSSR count). The molecule has 0 N–H and O–H groups in total. The zero-order valence-corrected chi connectivity index (χ0v) is 35.6. The largest absolute Gasteiger partial charge is 0.310 e. The van der Waals surface area contributed by atoms with E-state index in [1.54, 1.807) is 0 Å². The number of para-hydroxylation sites is 3. The third kappa shape index (κ3) is 5.54. The predicted octanol–water partition coefficient (Wildman–Crippen LogP) is 16.6. The van der Waals surface area contributed by atoms with E-state index in [0.717, 1.165) is 22.6 Å². The zero-order chi connectivity index (χ0) is 42.9. The number of anilines is 3. The van der Waals surface area contributed by atoms with Crippen LogP contribution in [0.25, 0.3) is 71.3 Å². The molecule has 1 aliphatic rings. The fraction of sp³-hybridized carbons (Fsp3) is 0.0159. The van der Waals surface area contributed by atoms with E-state index in [2.05, 4.69) is 264 Å². The molecule has 11 aromatic carbocycles. The molecule has 0 atom stereocenters. The highest BCUT2D eigenvalue weighted by atomic mass is 15.1. The quantitative estimate of drug-likeness (QED) is 0.145. The van der Waals surface area contributed by atoms with Gasteiger partial charge in [0.2, 0.25) is 0 Å². The van der Waals surface area contributed by atoms with Crippen molar-refractivity contribution < 1.29 is 0 Å². The van der Waals surface area contributed by atoms with Gasteiger partial charge in [0.15, 0.2) is 0 Å². The van der Waals surface area contributed by atoms with Crippen LogP contribution in [0.15, 0.2) is 255 Å². The van der Waals surface area contributed by atoms with Crippen molar-refractivity contribution in [3.63, 3.8) is 0 Å². The Hall–Kier alpha value is -8.46. The standard InChI is InChI=1S/C63H42N2/c1-5-21-44(22-6-1)63(45-23-7-2-8-24-45)57-35-19-17-29-49(57)56-41-43(37-40-58(56)63)61-52-31-13-15-33-54(52)62(55-34-16-14-32-53(55)61)65-59-36-20-18-30-50(59)51-39-38-48(42-60(51)65)64(46-25-9-3-10-26-46)47-27-11-4-12-28-47/h1-42H. The van der Waals surface area contributed by atoms with Crippen molar-refractivity contribution >= 4 is 60.4 Å². The molecule has 0 amide bonds. The number of hydrogen-bond acceptors (Lipinski definition) is 1. The maximum absolute atomic E-state index is 2.53. The minimum absolute atomic E-state index is 0.451. The lowest BCUT2D eigenvalue weighted by Crippen LogP contribution is -2.28. The maximum atomic E-state index is 2.53. The summed E-state index contributed by atoms with van der Waals surface area (Å²) in [5.41, 5.74) is 16.6. The molecule has 0 fully saturated rings. The summed E-state index contributed by atoms with van der Waals surface area (Å²) in [5, 5.41) is 7.32. The number of fused-ring (bicyclic) bond motifs is 8. The molecule has 65 heavy (non-hydrogen) atoms. The summed E-state index contributed by atoms with van der Waals surface area (Å²) in [7, 11) is 0. The Morgan fingerprint density at radius 2 is 0.785 bits per heavy atom. The molecule has 2 nitrogen and oxygen atoms in total. The molecule has 1 heterocycles. The SMILES string of the molecule is c1ccc(N(c2ccccc2)c2ccc3c4ccccc4n(-c4c5ccccc5c(-c5ccc6c(c5)-c5ccccc5C6(c5ccccc5)c5ccccc5)c5ccccc45)c3c2)cc1. The maximum Gasteiger partial charge on any atom is 0.0713 e. The molecule has 2 heteroatoms. The van der Waals surface area contributed by atoms with Crippen LogP contribution in [0.1, 0.15) is 22.3 Å². The number of hydrogen-bond donors (Lipinski definition) is 0. The first-order valence-electron chi connectivity index (χ1n) is 22.5. The third-order valence-electron chi connectivity index (χ3n) is 13.8. The van der Waals surface area contributed by atoms with Crippen LogP contribution in [-0.4, -0.2) is 4.57 Å². The van der Waals surface area contributed by atoms with Gasteiger partial charge in [-0.05, 0) is 104 Å². The van der Waals surface area contributed by atoms with Crippen molar-refractivity contribution in [3.05, 3.63) is 277 Å². The van der Waals surface area contributed by atoms with Crippen molar-refractivity contribution in [1.82, 2.24) is 4.57 Å². The molecular formula is C63H42N2. The van der Waals surface area contributed by atoms with Crippen LogP contribution >= 0.6 is 0 Å². The lowest BCUT2D eigenvalue weighted by Gasteiger charge is -2.33. The van der Waals surface area contributed by atoms with Gasteiger partial charge in [-0.2, -0.15) is 0 Å². The van der Waals surface area contributed by atoms with Crippen LogP contribution in [-0.2, 0) is 5.41 Å². The summed E-state index contributed by atoms with van der Waals surface area (Å²) in [6, 6.07) is 93.8. The van der Waals surface area contributed by atoms with E-state index in [1.165, 1.54) is 88.0 Å². The Kier molecular flexibility index (Phi) is 8.47. The Morgan fingerprint density at radius 1 is 0.308 bits per heavy atom. The summed E-state index contributed by atoms with van der Waals surface area (Å²) in [6.07, 6.45) is 0. The fourth-order valence-corrected chi connectivity index (χ4v) is 11.2. The van der Waals surface area contributed by atoms with E-state index in [0.29, 0.717) is 0 Å². The van der Waals surface area contributed by atoms with Gasteiger partial charge in [-0.1, -0.05) is 206 Å². The second kappa shape index (κ2) is 14.8. The molecule has 1 aliphatic carbocycles. The van der Waals surface area contributed by atoms with Crippen molar-refractivity contribution in [2.45, 2.75) is 5.41 Å². The summed E-state index contributed by atoms with van der Waals surface area (Å²) in [4.78, 5) is 2.36. The Labute approximate surface area is 378 Å². The second-order valence-corrected chi connectivity index (χ2v) is 17.2. The topological polar surface area (TPSA) is 8.17 Å². The monoisotopic (exact) mass is 826 g/mol. The van der Waals surface area contributed by atoms with Gasteiger partial charge in [0, 0.05) is 38.6 Å². The van der Waals surface area contributed by atoms with Crippen molar-refractivity contribution in [2.24, 2.45) is 0 Å². The Balaban J connectivity index is 1.08. The van der Waals surface area contributed by atoms with Gasteiger partial charge in [-0.15, -0.1) is 0 Å². The zero-order valence-electron chi connectivity index (χ0n) is 35.6. The first-order chi connectivity index (χ1) is 32.3. The lowest BCUT2D eigenvalue weighted by molar-refractivity contribution is 0.768. The van der Waals surface area contributed by atoms with Gasteiger partial charge in [-0.3, -0.25) is 0 Å². The molecule has 0 saturated carbocycles. The van der Waals surface area contributed by atoms with Gasteiger partial charge in [0.25, 0.3) is 0 Å². The van der Waals surface area contributed by atoms with Gasteiger partial charge in [0.1, 0.15) is 0 Å². The summed E-state index contributed by atoms with van der Waals surface area (Å²) in [6.45, 7) is 0. The smallest absolute Gasteiger partial charge is 0.0713 e. The highest BCUT2D eigenvalue weighted by Crippen LogP contribution is 2.57. The van der Waals surface area contributed by atoms with Crippen molar-refractivity contribution in [1.29, 1.82) is 0 Å². The van der Waals surface area contributed by atoms with Gasteiger partial charge in [-0.25, -0.2) is 0 Å². The fourth-order valence-electron chi connectivity index (χ4n) is 11.2. The van der Waals surface area contributed by atoms with E-state index in [9.17, 15) is 0 Å². The summed E-state index contributed by atoms with van der Waals surface area (Å²) < 4.78 is 2.53. The van der Waals surface area contributed by atoms with Crippen LogP contribution in [0, 0.1) is 0 Å². The molecule has 0 saturated heterocycles. The van der Waals surface area contributed by atoms with Crippen LogP contribution in [0.4, 0.5) is 17.1 Å². The lowest BCUT2D eigenvalue weighted by atomic mass is 9.67. The van der Waals surface area contributed by atoms with E-state index >= 15 is 0 Å². The summed E-state index contributed by atoms with van der Waals surface area (Å²) >= 11 is 0. The van der Waals surface area contributed by atoms with E-state index in [4.69, 9.17) is 0 Å². The highest BCUT2D eigenvalue weighted by molar-refractivity contribution is 6.21. The average Bonchev–Trinajstić information content (AvgIpc) is 3.87. The second-order valence-electron chi connectivity index (χ2n) is 17.2. The molecule has 0 radical (unpaired) electrons. The summed E-state index contributed by atoms with van der Waals surface area (Å²) in [5.74, 6) is 0. The van der Waals surface area contributed by atoms with E-state index < -0.39 is 5.41 Å². The van der Waals surface area contributed by atoms with Crippen LogP contribution < -0.4 is 4.90 Å².